The lowest BCUT2D eigenvalue weighted by molar-refractivity contribution is 0.311. The molecule has 1 aromatic carbocycles. The highest BCUT2D eigenvalue weighted by molar-refractivity contribution is 5.57. The minimum Gasteiger partial charge on any atom is -0.399 e. The van der Waals surface area contributed by atoms with Gasteiger partial charge >= 0.3 is 0 Å². The van der Waals surface area contributed by atoms with Crippen molar-refractivity contribution in [1.29, 1.82) is 0 Å². The molecule has 3 nitrogen and oxygen atoms in total. The maximum Gasteiger partial charge on any atom is 0.0604 e. The van der Waals surface area contributed by atoms with Crippen molar-refractivity contribution in [2.45, 2.75) is 13.3 Å². The standard InChI is InChI=1S/C10H16N2O/c1-2-8-7-9(12-5-6-13)3-4-10(8)11/h3-4,7,12-13H,2,5-6,11H2,1H3. The summed E-state index contributed by atoms with van der Waals surface area (Å²) in [6, 6.07) is 5.83. The smallest absolute Gasteiger partial charge is 0.0604 e. The predicted molar refractivity (Wildman–Crippen MR) is 55.8 cm³/mol. The zero-order valence-electron chi connectivity index (χ0n) is 7.88. The second kappa shape index (κ2) is 4.72. The minimum atomic E-state index is 0.145. The van der Waals surface area contributed by atoms with Crippen molar-refractivity contribution in [2.75, 3.05) is 24.2 Å². The lowest BCUT2D eigenvalue weighted by Crippen LogP contribution is -2.06. The van der Waals surface area contributed by atoms with E-state index in [1.165, 1.54) is 0 Å². The molecule has 0 saturated heterocycles. The maximum absolute atomic E-state index is 8.62. The van der Waals surface area contributed by atoms with Crippen LogP contribution in [0.5, 0.6) is 0 Å². The van der Waals surface area contributed by atoms with Crippen LogP contribution in [0.1, 0.15) is 12.5 Å². The Balaban J connectivity index is 2.74. The van der Waals surface area contributed by atoms with E-state index in [0.29, 0.717) is 6.54 Å². The van der Waals surface area contributed by atoms with Gasteiger partial charge in [-0.2, -0.15) is 0 Å². The van der Waals surface area contributed by atoms with Crippen LogP contribution in [0.25, 0.3) is 0 Å². The van der Waals surface area contributed by atoms with Gasteiger partial charge in [-0.1, -0.05) is 6.92 Å². The van der Waals surface area contributed by atoms with E-state index in [9.17, 15) is 0 Å². The summed E-state index contributed by atoms with van der Waals surface area (Å²) in [5.41, 5.74) is 8.74. The van der Waals surface area contributed by atoms with Gasteiger partial charge in [0.2, 0.25) is 0 Å². The number of hydrogen-bond donors (Lipinski definition) is 3. The zero-order valence-corrected chi connectivity index (χ0v) is 7.88. The van der Waals surface area contributed by atoms with Crippen LogP contribution in [0.15, 0.2) is 18.2 Å². The van der Waals surface area contributed by atoms with Crippen LogP contribution in [0.4, 0.5) is 11.4 Å². The summed E-state index contributed by atoms with van der Waals surface area (Å²) in [5.74, 6) is 0. The largest absolute Gasteiger partial charge is 0.399 e. The Labute approximate surface area is 78.6 Å². The first kappa shape index (κ1) is 9.86. The molecule has 1 rings (SSSR count). The molecular weight excluding hydrogens is 164 g/mol. The maximum atomic E-state index is 8.62. The molecule has 3 heteroatoms. The van der Waals surface area contributed by atoms with Crippen LogP contribution in [0.3, 0.4) is 0 Å². The summed E-state index contributed by atoms with van der Waals surface area (Å²) in [6.07, 6.45) is 0.931. The summed E-state index contributed by atoms with van der Waals surface area (Å²) >= 11 is 0. The third-order valence-corrected chi connectivity index (χ3v) is 1.96. The fraction of sp³-hybridized carbons (Fsp3) is 0.400. The molecule has 0 aliphatic carbocycles. The van der Waals surface area contributed by atoms with Crippen molar-refractivity contribution >= 4 is 11.4 Å². The summed E-state index contributed by atoms with van der Waals surface area (Å²) in [4.78, 5) is 0. The number of anilines is 2. The molecule has 0 aliphatic heterocycles. The van der Waals surface area contributed by atoms with E-state index in [4.69, 9.17) is 10.8 Å². The van der Waals surface area contributed by atoms with Gasteiger partial charge in [0, 0.05) is 17.9 Å². The molecule has 0 aliphatic rings. The van der Waals surface area contributed by atoms with Crippen LogP contribution >= 0.6 is 0 Å². The lowest BCUT2D eigenvalue weighted by atomic mass is 10.1. The van der Waals surface area contributed by atoms with Gasteiger partial charge in [-0.15, -0.1) is 0 Å². The summed E-state index contributed by atoms with van der Waals surface area (Å²) < 4.78 is 0. The molecule has 13 heavy (non-hydrogen) atoms. The highest BCUT2D eigenvalue weighted by atomic mass is 16.3. The number of aliphatic hydroxyl groups excluding tert-OH is 1. The molecule has 1 aromatic rings. The Morgan fingerprint density at radius 3 is 2.85 bits per heavy atom. The number of aliphatic hydroxyl groups is 1. The van der Waals surface area contributed by atoms with Crippen molar-refractivity contribution in [3.63, 3.8) is 0 Å². The molecule has 0 atom stereocenters. The van der Waals surface area contributed by atoms with Crippen LogP contribution < -0.4 is 11.1 Å². The molecule has 0 spiro atoms. The van der Waals surface area contributed by atoms with E-state index in [0.717, 1.165) is 23.4 Å². The lowest BCUT2D eigenvalue weighted by Gasteiger charge is -2.08. The fourth-order valence-electron chi connectivity index (χ4n) is 1.22. The molecule has 0 fully saturated rings. The van der Waals surface area contributed by atoms with Gasteiger partial charge in [-0.05, 0) is 30.2 Å². The molecule has 0 bridgehead atoms. The second-order valence-corrected chi connectivity index (χ2v) is 2.92. The van der Waals surface area contributed by atoms with Gasteiger partial charge in [-0.3, -0.25) is 0 Å². The van der Waals surface area contributed by atoms with E-state index < -0.39 is 0 Å². The average Bonchev–Trinajstić information content (AvgIpc) is 2.16. The van der Waals surface area contributed by atoms with Crippen molar-refractivity contribution in [1.82, 2.24) is 0 Å². The topological polar surface area (TPSA) is 58.3 Å². The van der Waals surface area contributed by atoms with Gasteiger partial charge in [0.25, 0.3) is 0 Å². The summed E-state index contributed by atoms with van der Waals surface area (Å²) in [7, 11) is 0. The van der Waals surface area contributed by atoms with E-state index in [1.54, 1.807) is 0 Å². The molecule has 0 radical (unpaired) electrons. The number of nitrogen functional groups attached to an aromatic ring is 1. The molecule has 0 unspecified atom stereocenters. The monoisotopic (exact) mass is 180 g/mol. The van der Waals surface area contributed by atoms with Crippen LogP contribution in [-0.2, 0) is 6.42 Å². The second-order valence-electron chi connectivity index (χ2n) is 2.92. The van der Waals surface area contributed by atoms with Crippen LogP contribution in [0.2, 0.25) is 0 Å². The van der Waals surface area contributed by atoms with E-state index in [-0.39, 0.29) is 6.61 Å². The van der Waals surface area contributed by atoms with E-state index >= 15 is 0 Å². The first-order valence-corrected chi connectivity index (χ1v) is 4.51. The van der Waals surface area contributed by atoms with Gasteiger partial charge in [0.05, 0.1) is 6.61 Å². The number of benzene rings is 1. The van der Waals surface area contributed by atoms with Crippen molar-refractivity contribution in [3.05, 3.63) is 23.8 Å². The predicted octanol–water partition coefficient (Wildman–Crippen LogP) is 1.24. The Kier molecular flexibility index (Phi) is 3.58. The molecule has 0 saturated carbocycles. The third kappa shape index (κ3) is 2.63. The number of rotatable bonds is 4. The van der Waals surface area contributed by atoms with Gasteiger partial charge in [0.15, 0.2) is 0 Å². The molecule has 4 N–H and O–H groups in total. The minimum absolute atomic E-state index is 0.145. The van der Waals surface area contributed by atoms with Crippen molar-refractivity contribution < 1.29 is 5.11 Å². The molecule has 0 heterocycles. The van der Waals surface area contributed by atoms with Crippen molar-refractivity contribution in [2.24, 2.45) is 0 Å². The Morgan fingerprint density at radius 1 is 1.46 bits per heavy atom. The molecule has 0 aromatic heterocycles. The summed E-state index contributed by atoms with van der Waals surface area (Å²) in [5, 5.41) is 11.7. The summed E-state index contributed by atoms with van der Waals surface area (Å²) in [6.45, 7) is 2.79. The zero-order chi connectivity index (χ0) is 9.68. The first-order valence-electron chi connectivity index (χ1n) is 4.51. The van der Waals surface area contributed by atoms with Gasteiger partial charge in [0.1, 0.15) is 0 Å². The molecule has 72 valence electrons. The average molecular weight is 180 g/mol. The molecule has 0 amide bonds. The third-order valence-electron chi connectivity index (χ3n) is 1.96. The van der Waals surface area contributed by atoms with Crippen LogP contribution in [0, 0.1) is 0 Å². The molecular formula is C10H16N2O. The fourth-order valence-corrected chi connectivity index (χ4v) is 1.22. The highest BCUT2D eigenvalue weighted by Gasteiger charge is 1.97. The number of nitrogens with one attached hydrogen (secondary N) is 1. The first-order chi connectivity index (χ1) is 6.27. The van der Waals surface area contributed by atoms with E-state index in [2.05, 4.69) is 12.2 Å². The van der Waals surface area contributed by atoms with Gasteiger partial charge in [-0.25, -0.2) is 0 Å². The SMILES string of the molecule is CCc1cc(NCCO)ccc1N. The van der Waals surface area contributed by atoms with Gasteiger partial charge < -0.3 is 16.2 Å². The van der Waals surface area contributed by atoms with Crippen molar-refractivity contribution in [3.8, 4) is 0 Å². The Morgan fingerprint density at radius 2 is 2.23 bits per heavy atom. The number of nitrogens with two attached hydrogens (primary N) is 1. The quantitative estimate of drug-likeness (QED) is 0.611. The van der Waals surface area contributed by atoms with Crippen LogP contribution in [-0.4, -0.2) is 18.3 Å². The number of hydrogen-bond acceptors (Lipinski definition) is 3. The Bertz CT molecular complexity index is 274. The van der Waals surface area contributed by atoms with E-state index in [1.807, 2.05) is 18.2 Å². The Hall–Kier alpha value is -1.22. The highest BCUT2D eigenvalue weighted by Crippen LogP contribution is 2.17. The normalized spacial score (nSPS) is 10.0. The number of aryl methyl sites for hydroxylation is 1.